The van der Waals surface area contributed by atoms with Crippen LogP contribution in [0, 0.1) is 0 Å². The van der Waals surface area contributed by atoms with Gasteiger partial charge in [0.1, 0.15) is 0 Å². The van der Waals surface area contributed by atoms with Crippen molar-refractivity contribution in [3.05, 3.63) is 29.3 Å². The summed E-state index contributed by atoms with van der Waals surface area (Å²) in [7, 11) is 0. The maximum atomic E-state index is 12.7. The van der Waals surface area contributed by atoms with Crippen molar-refractivity contribution in [3.63, 3.8) is 0 Å². The molecule has 0 unspecified atom stereocenters. The Hall–Kier alpha value is -2.04. The molecule has 5 nitrogen and oxygen atoms in total. The van der Waals surface area contributed by atoms with Crippen LogP contribution in [-0.4, -0.2) is 41.1 Å². The van der Waals surface area contributed by atoms with E-state index in [1.165, 1.54) is 0 Å². The molecule has 0 aromatic heterocycles. The van der Waals surface area contributed by atoms with Gasteiger partial charge in [-0.15, -0.1) is 0 Å². The van der Waals surface area contributed by atoms with Gasteiger partial charge in [-0.3, -0.25) is 4.90 Å². The van der Waals surface area contributed by atoms with Crippen LogP contribution in [0.3, 0.4) is 0 Å². The summed E-state index contributed by atoms with van der Waals surface area (Å²) in [5.74, 6) is -0.966. The highest BCUT2D eigenvalue weighted by Crippen LogP contribution is 2.30. The van der Waals surface area contributed by atoms with Crippen molar-refractivity contribution in [2.75, 3.05) is 18.0 Å². The molecule has 114 valence electrons. The lowest BCUT2D eigenvalue weighted by Gasteiger charge is -2.31. The highest BCUT2D eigenvalue weighted by Gasteiger charge is 2.29. The van der Waals surface area contributed by atoms with Gasteiger partial charge in [-0.2, -0.15) is 0 Å². The number of fused-ring (bicyclic) bond motifs is 1. The van der Waals surface area contributed by atoms with Crippen LogP contribution in [0.4, 0.5) is 10.5 Å². The van der Waals surface area contributed by atoms with E-state index < -0.39 is 5.97 Å². The molecule has 1 aromatic rings. The summed E-state index contributed by atoms with van der Waals surface area (Å²) in [5, 5.41) is 9.11. The third-order valence-electron chi connectivity index (χ3n) is 3.79. The predicted molar refractivity (Wildman–Crippen MR) is 82.0 cm³/mol. The van der Waals surface area contributed by atoms with E-state index in [4.69, 9.17) is 5.11 Å². The van der Waals surface area contributed by atoms with E-state index in [1.807, 2.05) is 31.7 Å². The summed E-state index contributed by atoms with van der Waals surface area (Å²) in [6.07, 6.45) is 1.68. The summed E-state index contributed by atoms with van der Waals surface area (Å²) in [6.45, 7) is 7.37. The number of carbonyl (C=O) groups is 2. The van der Waals surface area contributed by atoms with Gasteiger partial charge in [0.2, 0.25) is 0 Å². The van der Waals surface area contributed by atoms with E-state index in [2.05, 4.69) is 0 Å². The Bertz CT molecular complexity index is 554. The summed E-state index contributed by atoms with van der Waals surface area (Å²) in [4.78, 5) is 27.4. The maximum absolute atomic E-state index is 12.7. The molecule has 0 radical (unpaired) electrons. The van der Waals surface area contributed by atoms with E-state index in [-0.39, 0.29) is 17.6 Å². The Morgan fingerprint density at radius 1 is 1.38 bits per heavy atom. The van der Waals surface area contributed by atoms with E-state index in [0.717, 1.165) is 24.1 Å². The number of hydrogen-bond donors (Lipinski definition) is 1. The maximum Gasteiger partial charge on any atom is 0.335 e. The number of carboxylic acid groups (broad SMARTS) is 1. The molecule has 2 amide bonds. The zero-order chi connectivity index (χ0) is 15.6. The molecule has 0 spiro atoms. The summed E-state index contributed by atoms with van der Waals surface area (Å²) in [5.41, 5.74) is 2.00. The number of nitrogens with zero attached hydrogens (tertiary/aromatic N) is 2. The first-order valence-corrected chi connectivity index (χ1v) is 7.40. The zero-order valence-corrected chi connectivity index (χ0v) is 12.8. The molecule has 0 saturated carbocycles. The normalized spacial score (nSPS) is 13.4. The van der Waals surface area contributed by atoms with Gasteiger partial charge >= 0.3 is 12.0 Å². The van der Waals surface area contributed by atoms with Crippen molar-refractivity contribution in [3.8, 4) is 0 Å². The highest BCUT2D eigenvalue weighted by molar-refractivity contribution is 5.97. The lowest BCUT2D eigenvalue weighted by molar-refractivity contribution is 0.0697. The Morgan fingerprint density at radius 3 is 2.67 bits per heavy atom. The molecule has 1 heterocycles. The zero-order valence-electron chi connectivity index (χ0n) is 12.8. The number of amides is 2. The molecular weight excluding hydrogens is 268 g/mol. The molecule has 5 heteroatoms. The first kappa shape index (κ1) is 15.4. The van der Waals surface area contributed by atoms with Crippen molar-refractivity contribution < 1.29 is 14.7 Å². The smallest absolute Gasteiger partial charge is 0.335 e. The molecule has 21 heavy (non-hydrogen) atoms. The molecule has 0 atom stereocenters. The van der Waals surface area contributed by atoms with Crippen LogP contribution < -0.4 is 4.90 Å². The third kappa shape index (κ3) is 3.01. The fourth-order valence-corrected chi connectivity index (χ4v) is 2.68. The number of benzene rings is 1. The van der Waals surface area contributed by atoms with Crippen molar-refractivity contribution >= 4 is 17.7 Å². The van der Waals surface area contributed by atoms with E-state index >= 15 is 0 Å². The summed E-state index contributed by atoms with van der Waals surface area (Å²) < 4.78 is 0. The molecule has 0 fully saturated rings. The summed E-state index contributed by atoms with van der Waals surface area (Å²) in [6, 6.07) is 5.11. The topological polar surface area (TPSA) is 60.9 Å². The number of carboxylic acids is 1. The predicted octanol–water partition coefficient (Wildman–Crippen LogP) is 2.99. The molecule has 0 saturated heterocycles. The minimum Gasteiger partial charge on any atom is -0.478 e. The average Bonchev–Trinajstić information content (AvgIpc) is 2.86. The van der Waals surface area contributed by atoms with Crippen LogP contribution >= 0.6 is 0 Å². The number of anilines is 1. The number of aromatic carboxylic acids is 1. The fraction of sp³-hybridized carbons (Fsp3) is 0.500. The van der Waals surface area contributed by atoms with Gasteiger partial charge in [0, 0.05) is 24.8 Å². The van der Waals surface area contributed by atoms with Gasteiger partial charge in [0.05, 0.1) is 5.56 Å². The van der Waals surface area contributed by atoms with Crippen LogP contribution in [-0.2, 0) is 6.42 Å². The minimum atomic E-state index is -0.966. The second-order valence-corrected chi connectivity index (χ2v) is 5.62. The Kier molecular flexibility index (Phi) is 4.50. The van der Waals surface area contributed by atoms with Crippen molar-refractivity contribution in [1.29, 1.82) is 0 Å². The number of hydrogen-bond acceptors (Lipinski definition) is 2. The quantitative estimate of drug-likeness (QED) is 0.927. The molecule has 0 aliphatic carbocycles. The van der Waals surface area contributed by atoms with Crippen LogP contribution in [0.5, 0.6) is 0 Å². The SMILES string of the molecule is CCCN(C(=O)N1CCc2ccc(C(=O)O)cc21)C(C)C. The summed E-state index contributed by atoms with van der Waals surface area (Å²) >= 11 is 0. The molecular formula is C16H22N2O3. The van der Waals surface area contributed by atoms with Gasteiger partial charge in [0.15, 0.2) is 0 Å². The van der Waals surface area contributed by atoms with Gasteiger partial charge in [-0.25, -0.2) is 9.59 Å². The van der Waals surface area contributed by atoms with Gasteiger partial charge < -0.3 is 10.0 Å². The first-order valence-electron chi connectivity index (χ1n) is 7.40. The van der Waals surface area contributed by atoms with Crippen LogP contribution in [0.15, 0.2) is 18.2 Å². The molecule has 0 bridgehead atoms. The number of rotatable bonds is 4. The molecule has 2 rings (SSSR count). The molecule has 1 N–H and O–H groups in total. The van der Waals surface area contributed by atoms with Crippen molar-refractivity contribution in [2.45, 2.75) is 39.7 Å². The lowest BCUT2D eigenvalue weighted by atomic mass is 10.1. The number of urea groups is 1. The third-order valence-corrected chi connectivity index (χ3v) is 3.79. The van der Waals surface area contributed by atoms with Crippen LogP contribution in [0.2, 0.25) is 0 Å². The first-order chi connectivity index (χ1) is 9.95. The molecule has 1 aliphatic heterocycles. The Balaban J connectivity index is 2.30. The lowest BCUT2D eigenvalue weighted by Crippen LogP contribution is -2.46. The highest BCUT2D eigenvalue weighted by atomic mass is 16.4. The molecule has 1 aromatic carbocycles. The second kappa shape index (κ2) is 6.16. The monoisotopic (exact) mass is 290 g/mol. The van der Waals surface area contributed by atoms with Gasteiger partial charge in [0.25, 0.3) is 0 Å². The van der Waals surface area contributed by atoms with E-state index in [1.54, 1.807) is 17.0 Å². The van der Waals surface area contributed by atoms with E-state index in [9.17, 15) is 9.59 Å². The average molecular weight is 290 g/mol. The Labute approximate surface area is 125 Å². The number of carbonyl (C=O) groups excluding carboxylic acids is 1. The fourth-order valence-electron chi connectivity index (χ4n) is 2.68. The second-order valence-electron chi connectivity index (χ2n) is 5.62. The van der Waals surface area contributed by atoms with Gasteiger partial charge in [-0.1, -0.05) is 13.0 Å². The van der Waals surface area contributed by atoms with Crippen molar-refractivity contribution in [1.82, 2.24) is 4.90 Å². The molecule has 1 aliphatic rings. The largest absolute Gasteiger partial charge is 0.478 e. The van der Waals surface area contributed by atoms with Gasteiger partial charge in [-0.05, 0) is 44.4 Å². The van der Waals surface area contributed by atoms with Crippen molar-refractivity contribution in [2.24, 2.45) is 0 Å². The minimum absolute atomic E-state index is 0.0341. The van der Waals surface area contributed by atoms with E-state index in [0.29, 0.717) is 13.1 Å². The standard InChI is InChI=1S/C16H22N2O3/c1-4-8-17(11(2)3)16(21)18-9-7-12-5-6-13(15(19)20)10-14(12)18/h5-6,10-11H,4,7-9H2,1-3H3,(H,19,20). The van der Waals surface area contributed by atoms with Crippen LogP contribution in [0.1, 0.15) is 43.1 Å². The Morgan fingerprint density at radius 2 is 2.10 bits per heavy atom. The van der Waals surface area contributed by atoms with Crippen LogP contribution in [0.25, 0.3) is 0 Å².